The molecule has 0 saturated heterocycles. The van der Waals surface area contributed by atoms with Gasteiger partial charge in [0.1, 0.15) is 6.17 Å². The van der Waals surface area contributed by atoms with Crippen LogP contribution in [0.3, 0.4) is 0 Å². The first-order valence-corrected chi connectivity index (χ1v) is 12.7. The van der Waals surface area contributed by atoms with Crippen LogP contribution >= 0.6 is 24.4 Å². The molecule has 7 nitrogen and oxygen atoms in total. The summed E-state index contributed by atoms with van der Waals surface area (Å²) in [5.41, 5.74) is -6.88. The molecule has 4 aliphatic rings. The zero-order valence-corrected chi connectivity index (χ0v) is 21.1. The fourth-order valence-electron chi connectivity index (χ4n) is 7.69. The predicted molar refractivity (Wildman–Crippen MR) is 125 cm³/mol. The lowest BCUT2D eigenvalue weighted by atomic mass is 9.44. The molecule has 9 atom stereocenters. The van der Waals surface area contributed by atoms with Crippen LogP contribution in [-0.2, 0) is 14.3 Å². The quantitative estimate of drug-likeness (QED) is 0.461. The second kappa shape index (κ2) is 7.76. The number of carbonyl (C=O) groups excluding carboxylic acids is 3. The maximum Gasteiger partial charge on any atom is 0.360 e. The molecule has 4 aliphatic carbocycles. The van der Waals surface area contributed by atoms with E-state index in [1.165, 1.54) is 25.3 Å². The van der Waals surface area contributed by atoms with E-state index >= 15 is 8.78 Å². The number of hydrogen-bond acceptors (Lipinski definition) is 8. The van der Waals surface area contributed by atoms with E-state index in [9.17, 15) is 19.5 Å². The van der Waals surface area contributed by atoms with Crippen molar-refractivity contribution in [2.75, 3.05) is 0 Å². The Morgan fingerprint density at radius 1 is 1.29 bits per heavy atom. The van der Waals surface area contributed by atoms with Gasteiger partial charge in [-0.25, -0.2) is 13.6 Å². The van der Waals surface area contributed by atoms with Crippen LogP contribution in [0.25, 0.3) is 0 Å². The normalized spacial score (nSPS) is 46.3. The number of nitrogens with zero attached hydrogens (tertiary/aromatic N) is 2. The third-order valence-corrected chi connectivity index (χ3v) is 10.1. The molecule has 0 spiro atoms. The SMILES string of the molecule is C[C@@H]1C[C@H]2[C@@H]3C[C@H](F)C4=CC(=O)C=C[C@]4(C)[C@@]3(F)[C@@H](O)C[C@]2(C)[C@@]1(OC(=O)c1cnsn1)C(=O)S. The first-order valence-electron chi connectivity index (χ1n) is 11.5. The van der Waals surface area contributed by atoms with E-state index in [0.29, 0.717) is 0 Å². The van der Waals surface area contributed by atoms with Crippen LogP contribution in [0.5, 0.6) is 0 Å². The summed E-state index contributed by atoms with van der Waals surface area (Å²) in [6.45, 7) is 4.92. The number of allylic oxidation sites excluding steroid dienone is 4. The summed E-state index contributed by atoms with van der Waals surface area (Å²) in [6.07, 6.45) is 1.50. The van der Waals surface area contributed by atoms with Crippen molar-refractivity contribution in [3.63, 3.8) is 0 Å². The number of fused-ring (bicyclic) bond motifs is 5. The van der Waals surface area contributed by atoms with E-state index in [2.05, 4.69) is 21.4 Å². The molecule has 1 N–H and O–H groups in total. The third-order valence-electron chi connectivity index (χ3n) is 9.31. The van der Waals surface area contributed by atoms with E-state index < -0.39 is 69.0 Å². The van der Waals surface area contributed by atoms with Crippen molar-refractivity contribution in [2.24, 2.45) is 28.6 Å². The van der Waals surface area contributed by atoms with Gasteiger partial charge in [-0.2, -0.15) is 8.75 Å². The molecule has 1 heterocycles. The number of thiol groups is 1. The maximum atomic E-state index is 17.3. The van der Waals surface area contributed by atoms with Crippen molar-refractivity contribution in [3.05, 3.63) is 35.7 Å². The molecular weight excluding hydrogens is 498 g/mol. The molecule has 0 aromatic carbocycles. The Morgan fingerprint density at radius 2 is 2.00 bits per heavy atom. The minimum atomic E-state index is -2.29. The first-order chi connectivity index (χ1) is 16.3. The van der Waals surface area contributed by atoms with Crippen LogP contribution in [0.15, 0.2) is 30.0 Å². The van der Waals surface area contributed by atoms with Gasteiger partial charge >= 0.3 is 5.97 Å². The summed E-state index contributed by atoms with van der Waals surface area (Å²) in [4.78, 5) is 38.0. The summed E-state index contributed by atoms with van der Waals surface area (Å²) in [6, 6.07) is 0. The second-order valence-electron chi connectivity index (χ2n) is 10.7. The molecule has 11 heteroatoms. The number of aliphatic hydroxyl groups excluding tert-OH is 1. The summed E-state index contributed by atoms with van der Waals surface area (Å²) in [5.74, 6) is -3.47. The smallest absolute Gasteiger partial charge is 0.360 e. The molecule has 0 aliphatic heterocycles. The fourth-order valence-corrected chi connectivity index (χ4v) is 8.62. The van der Waals surface area contributed by atoms with Gasteiger partial charge in [0.25, 0.3) is 0 Å². The van der Waals surface area contributed by atoms with Crippen LogP contribution in [0.2, 0.25) is 0 Å². The maximum absolute atomic E-state index is 17.3. The van der Waals surface area contributed by atoms with Crippen molar-refractivity contribution in [1.82, 2.24) is 8.75 Å². The van der Waals surface area contributed by atoms with Crippen molar-refractivity contribution >= 4 is 41.2 Å². The highest BCUT2D eigenvalue weighted by atomic mass is 32.1. The van der Waals surface area contributed by atoms with E-state index in [4.69, 9.17) is 4.74 Å². The number of rotatable bonds is 3. The van der Waals surface area contributed by atoms with Gasteiger partial charge in [-0.1, -0.05) is 19.9 Å². The zero-order chi connectivity index (χ0) is 25.6. The largest absolute Gasteiger partial charge is 0.444 e. The summed E-state index contributed by atoms with van der Waals surface area (Å²) >= 11 is 4.92. The highest BCUT2D eigenvalue weighted by molar-refractivity contribution is 7.96. The molecule has 0 radical (unpaired) electrons. The average Bonchev–Trinajstić information content (AvgIpc) is 3.39. The number of alkyl halides is 2. The lowest BCUT2D eigenvalue weighted by Crippen LogP contribution is -2.70. The van der Waals surface area contributed by atoms with E-state index in [-0.39, 0.29) is 30.5 Å². The summed E-state index contributed by atoms with van der Waals surface area (Å²) in [7, 11) is 0. The number of hydrogen-bond donors (Lipinski definition) is 2. The number of esters is 1. The highest BCUT2D eigenvalue weighted by Crippen LogP contribution is 2.71. The molecule has 0 amide bonds. The summed E-state index contributed by atoms with van der Waals surface area (Å²) in [5, 5.41) is 10.7. The lowest BCUT2D eigenvalue weighted by molar-refractivity contribution is -0.221. The molecule has 3 saturated carbocycles. The van der Waals surface area contributed by atoms with Crippen molar-refractivity contribution < 1.29 is 33.0 Å². The minimum absolute atomic E-state index is 0.0245. The van der Waals surface area contributed by atoms with Gasteiger partial charge in [-0.3, -0.25) is 9.59 Å². The van der Waals surface area contributed by atoms with Crippen LogP contribution < -0.4 is 0 Å². The number of carbonyl (C=O) groups is 3. The van der Waals surface area contributed by atoms with Crippen molar-refractivity contribution in [1.29, 1.82) is 0 Å². The molecule has 1 aromatic rings. The lowest BCUT2D eigenvalue weighted by Gasteiger charge is -2.63. The third kappa shape index (κ3) is 2.94. The summed E-state index contributed by atoms with van der Waals surface area (Å²) < 4.78 is 46.3. The number of ketones is 1. The number of halogens is 2. The van der Waals surface area contributed by atoms with Crippen LogP contribution in [0, 0.1) is 28.6 Å². The van der Waals surface area contributed by atoms with Gasteiger partial charge in [0.15, 0.2) is 22.7 Å². The second-order valence-corrected chi connectivity index (χ2v) is 11.7. The average molecular weight is 525 g/mol. The fraction of sp³-hybridized carbons (Fsp3) is 0.625. The topological polar surface area (TPSA) is 106 Å². The van der Waals surface area contributed by atoms with Crippen LogP contribution in [0.1, 0.15) is 50.5 Å². The highest BCUT2D eigenvalue weighted by Gasteiger charge is 2.78. The van der Waals surface area contributed by atoms with Crippen LogP contribution in [-0.4, -0.2) is 54.3 Å². The molecule has 188 valence electrons. The Morgan fingerprint density at radius 3 is 2.63 bits per heavy atom. The molecule has 0 unspecified atom stereocenters. The monoisotopic (exact) mass is 524 g/mol. The Balaban J connectivity index is 1.62. The predicted octanol–water partition coefficient (Wildman–Crippen LogP) is 3.45. The number of aromatic nitrogens is 2. The van der Waals surface area contributed by atoms with Gasteiger partial charge in [0.2, 0.25) is 5.12 Å². The Labute approximate surface area is 210 Å². The van der Waals surface area contributed by atoms with E-state index in [0.717, 1.165) is 17.8 Å². The van der Waals surface area contributed by atoms with Crippen molar-refractivity contribution in [3.8, 4) is 0 Å². The van der Waals surface area contributed by atoms with Crippen LogP contribution in [0.4, 0.5) is 8.78 Å². The van der Waals surface area contributed by atoms with E-state index in [1.54, 1.807) is 13.8 Å². The van der Waals surface area contributed by atoms with E-state index in [1.807, 2.05) is 0 Å². The van der Waals surface area contributed by atoms with Crippen molar-refractivity contribution in [2.45, 2.75) is 63.6 Å². The Kier molecular flexibility index (Phi) is 5.48. The van der Waals surface area contributed by atoms with Gasteiger partial charge in [0.05, 0.1) is 24.0 Å². The molecule has 35 heavy (non-hydrogen) atoms. The standard InChI is InChI=1S/C24H26F2N2O5S2/c1-11-6-13-14-8-16(25)15-7-12(29)4-5-21(15,2)23(14,26)18(30)9-22(13,3)24(11,20(32)34)33-19(31)17-10-27-35-28-17/h4-5,7,10-11,13-14,16,18,30H,6,8-9H2,1-3H3,(H,32,34)/t11-,13+,14+,16+,18+,21+,22+,23+,24+/m1/s1. The molecule has 1 aromatic heterocycles. The Bertz CT molecular complexity index is 1170. The van der Waals surface area contributed by atoms with Gasteiger partial charge in [-0.15, -0.1) is 12.6 Å². The van der Waals surface area contributed by atoms with Gasteiger partial charge in [0, 0.05) is 22.7 Å². The van der Waals surface area contributed by atoms with Gasteiger partial charge < -0.3 is 9.84 Å². The van der Waals surface area contributed by atoms with Gasteiger partial charge in [-0.05, 0) is 49.8 Å². The Hall–Kier alpha value is -1.98. The first kappa shape index (κ1) is 24.7. The minimum Gasteiger partial charge on any atom is -0.444 e. The molecule has 0 bridgehead atoms. The molecule has 3 fully saturated rings. The molecule has 5 rings (SSSR count). The number of aliphatic hydroxyl groups is 1. The number of ether oxygens (including phenoxy) is 1. The zero-order valence-electron chi connectivity index (χ0n) is 19.4. The molecular formula is C24H26F2N2O5S2.